The van der Waals surface area contributed by atoms with Gasteiger partial charge in [0, 0.05) is 29.4 Å². The van der Waals surface area contributed by atoms with Crippen LogP contribution in [-0.4, -0.2) is 43.3 Å². The molecule has 0 aliphatic heterocycles. The number of ether oxygens (including phenoxy) is 1. The van der Waals surface area contributed by atoms with Crippen molar-refractivity contribution in [2.45, 2.75) is 11.3 Å². The van der Waals surface area contributed by atoms with Gasteiger partial charge in [-0.2, -0.15) is 0 Å². The third-order valence-corrected chi connectivity index (χ3v) is 6.45. The zero-order valence-corrected chi connectivity index (χ0v) is 19.8. The van der Waals surface area contributed by atoms with E-state index in [2.05, 4.69) is 27.3 Å². The van der Waals surface area contributed by atoms with E-state index in [1.54, 1.807) is 12.4 Å². The molecule has 0 aliphatic carbocycles. The lowest BCUT2D eigenvalue weighted by atomic mass is 10.1. The molecule has 35 heavy (non-hydrogen) atoms. The molecule has 6 nitrogen and oxygen atoms in total. The fraction of sp³-hybridized carbons (Fsp3) is 0.107. The van der Waals surface area contributed by atoms with Gasteiger partial charge in [-0.3, -0.25) is 9.55 Å². The first-order chi connectivity index (χ1) is 17.3. The van der Waals surface area contributed by atoms with Crippen LogP contribution in [0.4, 0.5) is 0 Å². The molecule has 2 heterocycles. The summed E-state index contributed by atoms with van der Waals surface area (Å²) in [6.45, 7) is 0.187. The Kier molecular flexibility index (Phi) is 7.17. The van der Waals surface area contributed by atoms with Crippen LogP contribution in [0.1, 0.15) is 0 Å². The maximum absolute atomic E-state index is 10.6. The molecule has 1 atom stereocenters. The Morgan fingerprint density at radius 1 is 0.771 bits per heavy atom. The van der Waals surface area contributed by atoms with Crippen LogP contribution in [0.3, 0.4) is 0 Å². The number of aliphatic hydroxyl groups excluding tert-OH is 1. The number of pyridine rings is 1. The van der Waals surface area contributed by atoms with Crippen molar-refractivity contribution in [2.75, 3.05) is 12.4 Å². The van der Waals surface area contributed by atoms with Crippen molar-refractivity contribution in [1.82, 2.24) is 19.7 Å². The Labute approximate surface area is 208 Å². The minimum Gasteiger partial charge on any atom is -0.491 e. The number of benzene rings is 3. The number of aliphatic hydroxyl groups is 1. The van der Waals surface area contributed by atoms with Crippen molar-refractivity contribution in [2.24, 2.45) is 0 Å². The summed E-state index contributed by atoms with van der Waals surface area (Å²) in [5.74, 6) is 1.84. The molecule has 7 heteroatoms. The predicted molar refractivity (Wildman–Crippen MR) is 139 cm³/mol. The van der Waals surface area contributed by atoms with E-state index in [0.29, 0.717) is 16.7 Å². The molecule has 174 valence electrons. The largest absolute Gasteiger partial charge is 0.491 e. The first-order valence-corrected chi connectivity index (χ1v) is 12.3. The summed E-state index contributed by atoms with van der Waals surface area (Å²) in [7, 11) is 0. The molecule has 0 radical (unpaired) electrons. The lowest BCUT2D eigenvalue weighted by Gasteiger charge is -2.14. The lowest BCUT2D eigenvalue weighted by Crippen LogP contribution is -2.20. The first kappa shape index (κ1) is 22.8. The molecule has 1 N–H and O–H groups in total. The summed E-state index contributed by atoms with van der Waals surface area (Å²) in [5.41, 5.74) is 4.10. The molecule has 0 amide bonds. The van der Waals surface area contributed by atoms with Gasteiger partial charge in [-0.1, -0.05) is 72.4 Å². The minimum absolute atomic E-state index is 0.187. The number of aromatic nitrogens is 4. The van der Waals surface area contributed by atoms with Crippen molar-refractivity contribution in [3.63, 3.8) is 0 Å². The molecule has 2 aromatic heterocycles. The van der Waals surface area contributed by atoms with Gasteiger partial charge in [0.15, 0.2) is 11.0 Å². The second-order valence-electron chi connectivity index (χ2n) is 7.89. The number of hydrogen-bond acceptors (Lipinski definition) is 6. The molecule has 3 aromatic carbocycles. The highest BCUT2D eigenvalue weighted by molar-refractivity contribution is 7.99. The zero-order valence-electron chi connectivity index (χ0n) is 18.9. The predicted octanol–water partition coefficient (Wildman–Crippen LogP) is 5.53. The molecule has 0 saturated heterocycles. The normalized spacial score (nSPS) is 11.8. The van der Waals surface area contributed by atoms with Gasteiger partial charge in [-0.05, 0) is 47.5 Å². The summed E-state index contributed by atoms with van der Waals surface area (Å²) in [6, 6.07) is 31.8. The van der Waals surface area contributed by atoms with E-state index in [-0.39, 0.29) is 6.61 Å². The molecule has 0 fully saturated rings. The lowest BCUT2D eigenvalue weighted by molar-refractivity contribution is 0.126. The molecule has 0 saturated carbocycles. The van der Waals surface area contributed by atoms with E-state index in [1.165, 1.54) is 11.8 Å². The molecular weight excluding hydrogens is 456 g/mol. The fourth-order valence-electron chi connectivity index (χ4n) is 3.64. The number of hydrogen-bond donors (Lipinski definition) is 1. The van der Waals surface area contributed by atoms with E-state index >= 15 is 0 Å². The van der Waals surface area contributed by atoms with Crippen molar-refractivity contribution in [1.29, 1.82) is 0 Å². The van der Waals surface area contributed by atoms with Gasteiger partial charge in [-0.15, -0.1) is 10.2 Å². The highest BCUT2D eigenvalue weighted by Crippen LogP contribution is 2.28. The van der Waals surface area contributed by atoms with Crippen molar-refractivity contribution < 1.29 is 9.84 Å². The van der Waals surface area contributed by atoms with Gasteiger partial charge >= 0.3 is 0 Å². The summed E-state index contributed by atoms with van der Waals surface area (Å²) in [4.78, 5) is 4.21. The Hall–Kier alpha value is -3.94. The van der Waals surface area contributed by atoms with E-state index < -0.39 is 6.10 Å². The quantitative estimate of drug-likeness (QED) is 0.280. The van der Waals surface area contributed by atoms with Crippen LogP contribution >= 0.6 is 11.8 Å². The van der Waals surface area contributed by atoms with Gasteiger partial charge in [0.1, 0.15) is 12.4 Å². The smallest absolute Gasteiger partial charge is 0.196 e. The molecule has 5 rings (SSSR count). The second kappa shape index (κ2) is 11.0. The van der Waals surface area contributed by atoms with Crippen molar-refractivity contribution >= 4 is 11.8 Å². The number of thioether (sulfide) groups is 1. The van der Waals surface area contributed by atoms with E-state index in [0.717, 1.165) is 28.1 Å². The first-order valence-electron chi connectivity index (χ1n) is 11.3. The Morgan fingerprint density at radius 3 is 2.17 bits per heavy atom. The molecule has 0 aliphatic rings. The van der Waals surface area contributed by atoms with E-state index in [1.807, 2.05) is 89.5 Å². The Balaban J connectivity index is 1.24. The number of nitrogens with zero attached hydrogens (tertiary/aromatic N) is 4. The minimum atomic E-state index is -0.670. The maximum atomic E-state index is 10.6. The third-order valence-electron chi connectivity index (χ3n) is 5.38. The SMILES string of the molecule is O[C@@H](COc1ccc(-c2ccccc2)cc1)CSc1nnc(-c2cccnc2)n1-c1ccccc1. The van der Waals surface area contributed by atoms with Crippen LogP contribution in [0.2, 0.25) is 0 Å². The van der Waals surface area contributed by atoms with E-state index in [9.17, 15) is 5.11 Å². The van der Waals surface area contributed by atoms with Crippen molar-refractivity contribution in [3.05, 3.63) is 109 Å². The van der Waals surface area contributed by atoms with Gasteiger partial charge in [0.25, 0.3) is 0 Å². The fourth-order valence-corrected chi connectivity index (χ4v) is 4.50. The molecule has 0 bridgehead atoms. The third kappa shape index (κ3) is 5.59. The zero-order chi connectivity index (χ0) is 23.9. The summed E-state index contributed by atoms with van der Waals surface area (Å²) < 4.78 is 7.81. The number of para-hydroxylation sites is 1. The van der Waals surface area contributed by atoms with Crippen LogP contribution in [0, 0.1) is 0 Å². The van der Waals surface area contributed by atoms with Crippen molar-refractivity contribution in [3.8, 4) is 34.0 Å². The Morgan fingerprint density at radius 2 is 1.46 bits per heavy atom. The van der Waals surface area contributed by atoms with Gasteiger partial charge in [-0.25, -0.2) is 0 Å². The van der Waals surface area contributed by atoms with Gasteiger partial charge < -0.3 is 9.84 Å². The van der Waals surface area contributed by atoms with Crippen LogP contribution in [0.25, 0.3) is 28.2 Å². The molecule has 0 unspecified atom stereocenters. The Bertz CT molecular complexity index is 1340. The molecule has 0 spiro atoms. The monoisotopic (exact) mass is 480 g/mol. The van der Waals surface area contributed by atoms with Crippen LogP contribution in [0.5, 0.6) is 5.75 Å². The average Bonchev–Trinajstić information content (AvgIpc) is 3.36. The van der Waals surface area contributed by atoms with Gasteiger partial charge in [0.2, 0.25) is 0 Å². The number of rotatable bonds is 9. The van der Waals surface area contributed by atoms with Crippen LogP contribution in [0.15, 0.2) is 115 Å². The second-order valence-corrected chi connectivity index (χ2v) is 8.87. The van der Waals surface area contributed by atoms with Crippen LogP contribution in [-0.2, 0) is 0 Å². The highest BCUT2D eigenvalue weighted by atomic mass is 32.2. The average molecular weight is 481 g/mol. The molecule has 5 aromatic rings. The van der Waals surface area contributed by atoms with E-state index in [4.69, 9.17) is 4.74 Å². The topological polar surface area (TPSA) is 73.1 Å². The standard InChI is InChI=1S/C28H24N4O2S/c33-25(19-34-26-15-13-22(14-16-26)21-8-3-1-4-9-21)20-35-28-31-30-27(23-10-7-17-29-18-23)32(28)24-11-5-2-6-12-24/h1-18,25,33H,19-20H2/t25-/m0/s1. The summed E-state index contributed by atoms with van der Waals surface area (Å²) >= 11 is 1.44. The molecular formula is C28H24N4O2S. The summed E-state index contributed by atoms with van der Waals surface area (Å²) in [6.07, 6.45) is 2.83. The summed E-state index contributed by atoms with van der Waals surface area (Å²) in [5, 5.41) is 20.1. The maximum Gasteiger partial charge on any atom is 0.196 e. The highest BCUT2D eigenvalue weighted by Gasteiger charge is 2.17. The van der Waals surface area contributed by atoms with Gasteiger partial charge in [0.05, 0.1) is 6.10 Å². The van der Waals surface area contributed by atoms with Crippen LogP contribution < -0.4 is 4.74 Å².